The van der Waals surface area contributed by atoms with Crippen molar-refractivity contribution in [2.24, 2.45) is 0 Å². The molecule has 0 bridgehead atoms. The Morgan fingerprint density at radius 3 is 2.94 bits per heavy atom. The lowest BCUT2D eigenvalue weighted by atomic mass is 10.2. The van der Waals surface area contributed by atoms with Gasteiger partial charge in [0.1, 0.15) is 5.75 Å². The lowest BCUT2D eigenvalue weighted by Crippen LogP contribution is -2.02. The number of aliphatic hydroxyl groups excluding tert-OH is 1. The number of hydrogen-bond acceptors (Lipinski definition) is 3. The molecule has 0 atom stereocenters. The molecule has 18 heavy (non-hydrogen) atoms. The zero-order valence-corrected chi connectivity index (χ0v) is 10.8. The summed E-state index contributed by atoms with van der Waals surface area (Å²) in [5, 5.41) is 8.65. The van der Waals surface area contributed by atoms with Gasteiger partial charge in [0.15, 0.2) is 0 Å². The summed E-state index contributed by atoms with van der Waals surface area (Å²) in [4.78, 5) is 0. The normalized spacial score (nSPS) is 9.67. The fraction of sp³-hybridized carbons (Fsp3) is 0.467. The maximum atomic E-state index is 8.65. The third kappa shape index (κ3) is 6.29. The Morgan fingerprint density at radius 2 is 2.17 bits per heavy atom. The van der Waals surface area contributed by atoms with E-state index in [2.05, 4.69) is 11.8 Å². The predicted molar refractivity (Wildman–Crippen MR) is 71.6 cm³/mol. The highest BCUT2D eigenvalue weighted by Gasteiger charge is 1.95. The molecule has 0 spiro atoms. The van der Waals surface area contributed by atoms with E-state index in [9.17, 15) is 0 Å². The van der Waals surface area contributed by atoms with E-state index in [1.54, 1.807) is 0 Å². The van der Waals surface area contributed by atoms with Crippen molar-refractivity contribution in [3.8, 4) is 17.6 Å². The first-order chi connectivity index (χ1) is 8.86. The summed E-state index contributed by atoms with van der Waals surface area (Å²) in [6.07, 6.45) is 1.38. The van der Waals surface area contributed by atoms with Crippen molar-refractivity contribution in [2.75, 3.05) is 26.4 Å². The van der Waals surface area contributed by atoms with Gasteiger partial charge in [-0.2, -0.15) is 0 Å². The molecule has 0 amide bonds. The molecular formula is C15H20O3. The number of aliphatic hydroxyl groups is 1. The fourth-order valence-electron chi connectivity index (χ4n) is 1.38. The van der Waals surface area contributed by atoms with Gasteiger partial charge in [-0.25, -0.2) is 0 Å². The van der Waals surface area contributed by atoms with Gasteiger partial charge in [0.05, 0.1) is 13.2 Å². The molecule has 1 N–H and O–H groups in total. The third-order valence-electron chi connectivity index (χ3n) is 2.21. The first kappa shape index (κ1) is 14.6. The summed E-state index contributed by atoms with van der Waals surface area (Å²) in [6.45, 7) is 4.20. The maximum Gasteiger partial charge on any atom is 0.120 e. The van der Waals surface area contributed by atoms with Crippen molar-refractivity contribution >= 4 is 0 Å². The van der Waals surface area contributed by atoms with E-state index in [1.165, 1.54) is 0 Å². The minimum Gasteiger partial charge on any atom is -0.493 e. The third-order valence-corrected chi connectivity index (χ3v) is 2.21. The summed E-state index contributed by atoms with van der Waals surface area (Å²) in [6, 6.07) is 7.67. The Bertz CT molecular complexity index is 390. The lowest BCUT2D eigenvalue weighted by Gasteiger charge is -2.06. The molecule has 1 aromatic carbocycles. The fourth-order valence-corrected chi connectivity index (χ4v) is 1.38. The van der Waals surface area contributed by atoms with Crippen molar-refractivity contribution in [1.29, 1.82) is 0 Å². The van der Waals surface area contributed by atoms with Crippen LogP contribution in [0.2, 0.25) is 0 Å². The van der Waals surface area contributed by atoms with Crippen molar-refractivity contribution in [3.63, 3.8) is 0 Å². The van der Waals surface area contributed by atoms with Crippen molar-refractivity contribution in [2.45, 2.75) is 19.8 Å². The molecule has 0 radical (unpaired) electrons. The second kappa shape index (κ2) is 9.52. The van der Waals surface area contributed by atoms with E-state index in [0.717, 1.165) is 30.9 Å². The van der Waals surface area contributed by atoms with Crippen molar-refractivity contribution in [1.82, 2.24) is 0 Å². The van der Waals surface area contributed by atoms with Crippen LogP contribution in [0.25, 0.3) is 0 Å². The molecule has 0 aliphatic rings. The highest BCUT2D eigenvalue weighted by molar-refractivity contribution is 5.39. The van der Waals surface area contributed by atoms with Crippen LogP contribution in [0.5, 0.6) is 5.75 Å². The quantitative estimate of drug-likeness (QED) is 0.594. The van der Waals surface area contributed by atoms with E-state index >= 15 is 0 Å². The molecule has 3 heteroatoms. The molecule has 0 heterocycles. The van der Waals surface area contributed by atoms with E-state index in [1.807, 2.05) is 31.2 Å². The van der Waals surface area contributed by atoms with Crippen molar-refractivity contribution < 1.29 is 14.6 Å². The molecule has 1 rings (SSSR count). The predicted octanol–water partition coefficient (Wildman–Crippen LogP) is 2.23. The number of ether oxygens (including phenoxy) is 2. The maximum absolute atomic E-state index is 8.65. The van der Waals surface area contributed by atoms with E-state index < -0.39 is 0 Å². The molecule has 0 saturated carbocycles. The first-order valence-electron chi connectivity index (χ1n) is 6.27. The van der Waals surface area contributed by atoms with E-state index in [-0.39, 0.29) is 6.61 Å². The van der Waals surface area contributed by atoms with Gasteiger partial charge in [0.2, 0.25) is 0 Å². The summed E-state index contributed by atoms with van der Waals surface area (Å²) in [5.41, 5.74) is 0.908. The van der Waals surface area contributed by atoms with Crippen LogP contribution in [-0.2, 0) is 4.74 Å². The molecular weight excluding hydrogens is 228 g/mol. The van der Waals surface area contributed by atoms with E-state index in [4.69, 9.17) is 14.6 Å². The van der Waals surface area contributed by atoms with Gasteiger partial charge < -0.3 is 14.6 Å². The number of benzene rings is 1. The van der Waals surface area contributed by atoms with Crippen molar-refractivity contribution in [3.05, 3.63) is 29.8 Å². The average Bonchev–Trinajstić information content (AvgIpc) is 2.39. The minimum atomic E-state index is 0.0978. The summed E-state index contributed by atoms with van der Waals surface area (Å²) >= 11 is 0. The van der Waals surface area contributed by atoms with Gasteiger partial charge in [-0.05, 0) is 25.1 Å². The van der Waals surface area contributed by atoms with Gasteiger partial charge in [-0.1, -0.05) is 17.9 Å². The minimum absolute atomic E-state index is 0.0978. The highest BCUT2D eigenvalue weighted by atomic mass is 16.5. The molecule has 0 saturated heterocycles. The van der Waals surface area contributed by atoms with Gasteiger partial charge in [0, 0.05) is 31.6 Å². The number of rotatable bonds is 7. The molecule has 0 aliphatic carbocycles. The highest BCUT2D eigenvalue weighted by Crippen LogP contribution is 2.12. The summed E-state index contributed by atoms with van der Waals surface area (Å²) in [5.74, 6) is 6.69. The van der Waals surface area contributed by atoms with Gasteiger partial charge in [0.25, 0.3) is 0 Å². The van der Waals surface area contributed by atoms with E-state index in [0.29, 0.717) is 13.0 Å². The Hall–Kier alpha value is -1.50. The molecule has 1 aromatic rings. The van der Waals surface area contributed by atoms with Crippen LogP contribution in [0.15, 0.2) is 24.3 Å². The zero-order chi connectivity index (χ0) is 13.1. The largest absolute Gasteiger partial charge is 0.493 e. The smallest absolute Gasteiger partial charge is 0.120 e. The summed E-state index contributed by atoms with van der Waals surface area (Å²) < 4.78 is 10.8. The summed E-state index contributed by atoms with van der Waals surface area (Å²) in [7, 11) is 0. The SMILES string of the molecule is CCOCCCOc1cccc(C#CCCO)c1. The first-order valence-corrected chi connectivity index (χ1v) is 6.27. The second-order valence-electron chi connectivity index (χ2n) is 3.70. The van der Waals surface area contributed by atoms with Crippen LogP contribution >= 0.6 is 0 Å². The van der Waals surface area contributed by atoms with Crippen LogP contribution in [0.1, 0.15) is 25.3 Å². The molecule has 3 nitrogen and oxygen atoms in total. The topological polar surface area (TPSA) is 38.7 Å². The van der Waals surface area contributed by atoms with Crippen LogP contribution < -0.4 is 4.74 Å². The Balaban J connectivity index is 2.38. The van der Waals surface area contributed by atoms with Crippen LogP contribution in [-0.4, -0.2) is 31.5 Å². The Morgan fingerprint density at radius 1 is 1.28 bits per heavy atom. The Kier molecular flexibility index (Phi) is 7.70. The monoisotopic (exact) mass is 248 g/mol. The van der Waals surface area contributed by atoms with Crippen LogP contribution in [0, 0.1) is 11.8 Å². The molecule has 0 fully saturated rings. The molecule has 98 valence electrons. The molecule has 0 unspecified atom stereocenters. The molecule has 0 aromatic heterocycles. The second-order valence-corrected chi connectivity index (χ2v) is 3.70. The standard InChI is InChI=1S/C15H20O3/c1-2-17-11-6-12-18-15-9-5-8-14(13-15)7-3-4-10-16/h5,8-9,13,16H,2,4,6,10-12H2,1H3. The molecule has 0 aliphatic heterocycles. The Labute approximate surface area is 109 Å². The van der Waals surface area contributed by atoms with Gasteiger partial charge in [-0.3, -0.25) is 0 Å². The average molecular weight is 248 g/mol. The number of hydrogen-bond donors (Lipinski definition) is 1. The van der Waals surface area contributed by atoms with Gasteiger partial charge >= 0.3 is 0 Å². The van der Waals surface area contributed by atoms with Crippen LogP contribution in [0.4, 0.5) is 0 Å². The van der Waals surface area contributed by atoms with Gasteiger partial charge in [-0.15, -0.1) is 0 Å². The van der Waals surface area contributed by atoms with Crippen LogP contribution in [0.3, 0.4) is 0 Å². The lowest BCUT2D eigenvalue weighted by molar-refractivity contribution is 0.131. The zero-order valence-electron chi connectivity index (χ0n) is 10.8.